The zero-order valence-corrected chi connectivity index (χ0v) is 13.7. The van der Waals surface area contributed by atoms with Crippen LogP contribution in [0.5, 0.6) is 5.75 Å². The van der Waals surface area contributed by atoms with Gasteiger partial charge in [0.25, 0.3) is 5.91 Å². The van der Waals surface area contributed by atoms with E-state index in [4.69, 9.17) is 21.4 Å². The van der Waals surface area contributed by atoms with E-state index in [2.05, 4.69) is 0 Å². The highest BCUT2D eigenvalue weighted by Gasteiger charge is 2.33. The molecule has 3 rings (SSSR count). The Morgan fingerprint density at radius 1 is 1.23 bits per heavy atom. The van der Waals surface area contributed by atoms with Crippen molar-refractivity contribution in [2.24, 2.45) is 0 Å². The number of amides is 1. The van der Waals surface area contributed by atoms with Crippen LogP contribution in [-0.4, -0.2) is 17.3 Å². The number of hydrogen-bond acceptors (Lipinski definition) is 5. The third-order valence-corrected chi connectivity index (χ3v) is 4.46. The molecular weight excluding hydrogens is 318 g/mol. The van der Waals surface area contributed by atoms with Crippen LogP contribution in [0.4, 0.5) is 5.69 Å². The summed E-state index contributed by atoms with van der Waals surface area (Å²) >= 11 is 6.59. The Kier molecular flexibility index (Phi) is 4.04. The van der Waals surface area contributed by atoms with Gasteiger partial charge in [0, 0.05) is 6.08 Å². The van der Waals surface area contributed by atoms with Crippen LogP contribution in [-0.2, 0) is 4.79 Å². The van der Waals surface area contributed by atoms with Gasteiger partial charge in [-0.2, -0.15) is 0 Å². The Balaban J connectivity index is 1.89. The molecule has 1 aliphatic heterocycles. The van der Waals surface area contributed by atoms with Gasteiger partial charge < -0.3 is 9.15 Å². The smallest absolute Gasteiger partial charge is 0.270 e. The van der Waals surface area contributed by atoms with Crippen LogP contribution < -0.4 is 9.64 Å². The van der Waals surface area contributed by atoms with Gasteiger partial charge in [0.15, 0.2) is 4.32 Å². The molecule has 2 heterocycles. The van der Waals surface area contributed by atoms with E-state index in [1.54, 1.807) is 25.3 Å². The highest BCUT2D eigenvalue weighted by Crippen LogP contribution is 2.36. The van der Waals surface area contributed by atoms with E-state index >= 15 is 0 Å². The first-order valence-corrected chi connectivity index (χ1v) is 7.79. The summed E-state index contributed by atoms with van der Waals surface area (Å²) in [7, 11) is 1.60. The van der Waals surface area contributed by atoms with Gasteiger partial charge in [-0.15, -0.1) is 0 Å². The minimum absolute atomic E-state index is 0.144. The van der Waals surface area contributed by atoms with Gasteiger partial charge in [-0.1, -0.05) is 24.0 Å². The predicted molar refractivity (Wildman–Crippen MR) is 92.1 cm³/mol. The Labute approximate surface area is 137 Å². The normalized spacial score (nSPS) is 16.6. The zero-order valence-electron chi connectivity index (χ0n) is 12.0. The molecule has 0 atom stereocenters. The van der Waals surface area contributed by atoms with Gasteiger partial charge in [0.2, 0.25) is 0 Å². The number of nitrogens with zero attached hydrogens (tertiary/aromatic N) is 1. The molecule has 1 aromatic heterocycles. The molecule has 1 saturated heterocycles. The number of benzene rings is 1. The molecular formula is C16H13NO3S2. The van der Waals surface area contributed by atoms with Crippen LogP contribution in [0.25, 0.3) is 6.08 Å². The molecule has 1 aliphatic rings. The Morgan fingerprint density at radius 2 is 1.95 bits per heavy atom. The fourth-order valence-electron chi connectivity index (χ4n) is 2.08. The van der Waals surface area contributed by atoms with Gasteiger partial charge in [-0.05, 0) is 43.3 Å². The quantitative estimate of drug-likeness (QED) is 0.628. The third kappa shape index (κ3) is 2.80. The van der Waals surface area contributed by atoms with Crippen LogP contribution >= 0.6 is 24.0 Å². The van der Waals surface area contributed by atoms with Gasteiger partial charge in [-0.25, -0.2) is 0 Å². The number of carbonyl (C=O) groups is 1. The van der Waals surface area contributed by atoms with Crippen LogP contribution in [0.2, 0.25) is 0 Å². The number of rotatable bonds is 3. The lowest BCUT2D eigenvalue weighted by molar-refractivity contribution is -0.113. The molecule has 2 aromatic rings. The maximum Gasteiger partial charge on any atom is 0.270 e. The van der Waals surface area contributed by atoms with Gasteiger partial charge >= 0.3 is 0 Å². The summed E-state index contributed by atoms with van der Waals surface area (Å²) < 4.78 is 11.1. The molecule has 6 heteroatoms. The van der Waals surface area contributed by atoms with Crippen molar-refractivity contribution in [1.82, 2.24) is 0 Å². The molecule has 0 radical (unpaired) electrons. The minimum atomic E-state index is -0.144. The fourth-order valence-corrected chi connectivity index (χ4v) is 3.36. The van der Waals surface area contributed by atoms with Crippen molar-refractivity contribution >= 4 is 46.0 Å². The molecule has 0 aliphatic carbocycles. The van der Waals surface area contributed by atoms with Crippen molar-refractivity contribution < 1.29 is 13.9 Å². The molecule has 1 fully saturated rings. The highest BCUT2D eigenvalue weighted by atomic mass is 32.2. The molecule has 0 N–H and O–H groups in total. The topological polar surface area (TPSA) is 42.7 Å². The van der Waals surface area contributed by atoms with Crippen molar-refractivity contribution in [3.63, 3.8) is 0 Å². The summed E-state index contributed by atoms with van der Waals surface area (Å²) in [5, 5.41) is 0. The largest absolute Gasteiger partial charge is 0.497 e. The van der Waals surface area contributed by atoms with E-state index in [0.29, 0.717) is 15.0 Å². The van der Waals surface area contributed by atoms with E-state index in [1.807, 2.05) is 31.2 Å². The number of methoxy groups -OCH3 is 1. The molecule has 4 nitrogen and oxygen atoms in total. The minimum Gasteiger partial charge on any atom is -0.497 e. The monoisotopic (exact) mass is 331 g/mol. The first-order valence-electron chi connectivity index (χ1n) is 6.57. The molecule has 0 unspecified atom stereocenters. The second kappa shape index (κ2) is 5.98. The Morgan fingerprint density at radius 3 is 2.55 bits per heavy atom. The first-order chi connectivity index (χ1) is 10.6. The second-order valence-electron chi connectivity index (χ2n) is 4.66. The average Bonchev–Trinajstić information content (AvgIpc) is 3.03. The molecule has 0 bridgehead atoms. The fraction of sp³-hybridized carbons (Fsp3) is 0.125. The van der Waals surface area contributed by atoms with Crippen molar-refractivity contribution in [3.05, 3.63) is 52.8 Å². The standard InChI is InChI=1S/C16H13NO3S2/c1-10-3-6-13(20-10)9-14-15(18)17(16(21)22-14)11-4-7-12(19-2)8-5-11/h3-9H,1-2H3/b14-9+. The third-order valence-electron chi connectivity index (χ3n) is 3.16. The van der Waals surface area contributed by atoms with Crippen LogP contribution in [0.15, 0.2) is 45.7 Å². The Hall–Kier alpha value is -2.05. The maximum absolute atomic E-state index is 12.6. The maximum atomic E-state index is 12.6. The number of carbonyl (C=O) groups excluding carboxylic acids is 1. The molecule has 1 amide bonds. The van der Waals surface area contributed by atoms with Crippen LogP contribution in [0, 0.1) is 6.92 Å². The second-order valence-corrected chi connectivity index (χ2v) is 6.34. The number of furan rings is 1. The van der Waals surface area contributed by atoms with Crippen molar-refractivity contribution in [1.29, 1.82) is 0 Å². The lowest BCUT2D eigenvalue weighted by Gasteiger charge is -2.14. The predicted octanol–water partition coefficient (Wildman–Crippen LogP) is 4.00. The summed E-state index contributed by atoms with van der Waals surface area (Å²) in [5.74, 6) is 2.04. The summed E-state index contributed by atoms with van der Waals surface area (Å²) in [6.45, 7) is 1.86. The van der Waals surface area contributed by atoms with E-state index in [9.17, 15) is 4.79 Å². The van der Waals surface area contributed by atoms with Crippen molar-refractivity contribution in [2.45, 2.75) is 6.92 Å². The summed E-state index contributed by atoms with van der Waals surface area (Å²) in [4.78, 5) is 14.6. The molecule has 112 valence electrons. The van der Waals surface area contributed by atoms with E-state index in [-0.39, 0.29) is 5.91 Å². The number of thioether (sulfide) groups is 1. The van der Waals surface area contributed by atoms with E-state index in [1.165, 1.54) is 16.7 Å². The van der Waals surface area contributed by atoms with Crippen LogP contribution in [0.3, 0.4) is 0 Å². The van der Waals surface area contributed by atoms with Gasteiger partial charge in [0.1, 0.15) is 17.3 Å². The number of aryl methyl sites for hydroxylation is 1. The lowest BCUT2D eigenvalue weighted by Crippen LogP contribution is -2.27. The molecule has 1 aromatic carbocycles. The van der Waals surface area contributed by atoms with Gasteiger partial charge in [-0.3, -0.25) is 9.69 Å². The summed E-state index contributed by atoms with van der Waals surface area (Å²) in [6, 6.07) is 10.9. The molecule has 22 heavy (non-hydrogen) atoms. The number of thiocarbonyl (C=S) groups is 1. The Bertz CT molecular complexity index is 762. The lowest BCUT2D eigenvalue weighted by atomic mass is 10.2. The van der Waals surface area contributed by atoms with Crippen molar-refractivity contribution in [3.8, 4) is 5.75 Å². The number of anilines is 1. The highest BCUT2D eigenvalue weighted by molar-refractivity contribution is 8.27. The number of hydrogen-bond donors (Lipinski definition) is 0. The average molecular weight is 331 g/mol. The summed E-state index contributed by atoms with van der Waals surface area (Å²) in [5.41, 5.74) is 0.724. The number of ether oxygens (including phenoxy) is 1. The van der Waals surface area contributed by atoms with Crippen molar-refractivity contribution in [2.75, 3.05) is 12.0 Å². The first kappa shape index (κ1) is 14.9. The zero-order chi connectivity index (χ0) is 15.7. The van der Waals surface area contributed by atoms with E-state index < -0.39 is 0 Å². The molecule has 0 spiro atoms. The van der Waals surface area contributed by atoms with Crippen LogP contribution in [0.1, 0.15) is 11.5 Å². The molecule has 0 saturated carbocycles. The van der Waals surface area contributed by atoms with E-state index in [0.717, 1.165) is 17.2 Å². The SMILES string of the molecule is COc1ccc(N2C(=O)/C(=C\c3ccc(C)o3)SC2=S)cc1. The summed E-state index contributed by atoms with van der Waals surface area (Å²) in [6.07, 6.45) is 1.72. The van der Waals surface area contributed by atoms with Gasteiger partial charge in [0.05, 0.1) is 17.7 Å².